The van der Waals surface area contributed by atoms with Gasteiger partial charge in [-0.2, -0.15) is 18.3 Å². The van der Waals surface area contributed by atoms with E-state index in [4.69, 9.17) is 5.10 Å². The zero-order valence-electron chi connectivity index (χ0n) is 22.5. The molecule has 208 valence electrons. The summed E-state index contributed by atoms with van der Waals surface area (Å²) < 4.78 is 40.3. The number of hydrogen-bond acceptors (Lipinski definition) is 4. The molecular weight excluding hydrogens is 507 g/mol. The summed E-state index contributed by atoms with van der Waals surface area (Å²) in [6.07, 6.45) is -3.57. The van der Waals surface area contributed by atoms with E-state index in [-0.39, 0.29) is 23.9 Å². The summed E-state index contributed by atoms with van der Waals surface area (Å²) in [5, 5.41) is 4.78. The van der Waals surface area contributed by atoms with Crippen molar-refractivity contribution in [1.82, 2.24) is 24.5 Å². The average Bonchev–Trinajstić information content (AvgIpc) is 3.30. The number of amides is 2. The van der Waals surface area contributed by atoms with E-state index in [1.807, 2.05) is 39.9 Å². The minimum absolute atomic E-state index is 0.0443. The number of alkyl halides is 3. The Kier molecular flexibility index (Phi) is 8.74. The maximum absolute atomic E-state index is 13.0. The van der Waals surface area contributed by atoms with Crippen molar-refractivity contribution in [2.24, 2.45) is 5.92 Å². The van der Waals surface area contributed by atoms with E-state index in [2.05, 4.69) is 19.9 Å². The normalized spacial score (nSPS) is 14.6. The number of aromatic nitrogens is 2. The van der Waals surface area contributed by atoms with Crippen molar-refractivity contribution in [3.05, 3.63) is 83.2 Å². The molecule has 1 aliphatic heterocycles. The first kappa shape index (κ1) is 28.4. The molecule has 7 nitrogen and oxygen atoms in total. The van der Waals surface area contributed by atoms with Crippen molar-refractivity contribution >= 4 is 11.8 Å². The van der Waals surface area contributed by atoms with Gasteiger partial charge < -0.3 is 9.80 Å². The first-order valence-corrected chi connectivity index (χ1v) is 13.1. The van der Waals surface area contributed by atoms with Gasteiger partial charge in [-0.15, -0.1) is 0 Å². The molecule has 0 N–H and O–H groups in total. The smallest absolute Gasteiger partial charge is 0.339 e. The lowest BCUT2D eigenvalue weighted by Gasteiger charge is -2.35. The number of likely N-dealkylation sites (N-methyl/N-ethyl adjacent to an activating group) is 1. The Hall–Kier alpha value is -3.66. The van der Waals surface area contributed by atoms with Gasteiger partial charge in [0.15, 0.2) is 0 Å². The Morgan fingerprint density at radius 3 is 2.21 bits per heavy atom. The second kappa shape index (κ2) is 12.0. The molecule has 0 unspecified atom stereocenters. The molecule has 2 aromatic carbocycles. The van der Waals surface area contributed by atoms with Crippen LogP contribution in [0.2, 0.25) is 0 Å². The van der Waals surface area contributed by atoms with Crippen LogP contribution in [-0.4, -0.2) is 76.1 Å². The van der Waals surface area contributed by atoms with E-state index >= 15 is 0 Å². The number of benzene rings is 2. The van der Waals surface area contributed by atoms with Gasteiger partial charge >= 0.3 is 6.18 Å². The summed E-state index contributed by atoms with van der Waals surface area (Å²) in [6.45, 7) is 6.74. The Morgan fingerprint density at radius 1 is 0.974 bits per heavy atom. The third-order valence-electron chi connectivity index (χ3n) is 6.75. The molecule has 4 rings (SSSR count). The molecule has 3 aromatic rings. The van der Waals surface area contributed by atoms with Gasteiger partial charge in [0.2, 0.25) is 5.91 Å². The zero-order chi connectivity index (χ0) is 28.2. The summed E-state index contributed by atoms with van der Waals surface area (Å²) in [4.78, 5) is 31.0. The topological polar surface area (TPSA) is 61.7 Å². The van der Waals surface area contributed by atoms with Crippen LogP contribution in [0.15, 0.2) is 60.7 Å². The number of halogens is 3. The van der Waals surface area contributed by atoms with Crippen LogP contribution in [0, 0.1) is 5.92 Å². The first-order valence-electron chi connectivity index (χ1n) is 13.1. The van der Waals surface area contributed by atoms with Gasteiger partial charge in [0.25, 0.3) is 5.91 Å². The molecule has 1 aliphatic rings. The predicted molar refractivity (Wildman–Crippen MR) is 142 cm³/mol. The van der Waals surface area contributed by atoms with Crippen LogP contribution in [0.1, 0.15) is 41.2 Å². The van der Waals surface area contributed by atoms with E-state index in [9.17, 15) is 22.8 Å². The molecule has 2 heterocycles. The van der Waals surface area contributed by atoms with Crippen molar-refractivity contribution in [1.29, 1.82) is 0 Å². The number of carbonyl (C=O) groups is 2. The fourth-order valence-electron chi connectivity index (χ4n) is 4.65. The van der Waals surface area contributed by atoms with Gasteiger partial charge in [0, 0.05) is 44.5 Å². The second-order valence-electron chi connectivity index (χ2n) is 10.4. The Balaban J connectivity index is 1.31. The van der Waals surface area contributed by atoms with E-state index in [0.717, 1.165) is 35.6 Å². The number of rotatable bonds is 8. The molecule has 0 spiro atoms. The number of hydrogen-bond donors (Lipinski definition) is 0. The van der Waals surface area contributed by atoms with Crippen LogP contribution in [0.5, 0.6) is 0 Å². The van der Waals surface area contributed by atoms with Crippen LogP contribution in [-0.2, 0) is 23.9 Å². The summed E-state index contributed by atoms with van der Waals surface area (Å²) in [7, 11) is 1.76. The molecule has 39 heavy (non-hydrogen) atoms. The fourth-order valence-corrected chi connectivity index (χ4v) is 4.65. The van der Waals surface area contributed by atoms with Crippen molar-refractivity contribution in [3.8, 4) is 5.69 Å². The summed E-state index contributed by atoms with van der Waals surface area (Å²) in [5.41, 5.74) is 2.34. The van der Waals surface area contributed by atoms with Crippen LogP contribution in [0.4, 0.5) is 13.2 Å². The van der Waals surface area contributed by atoms with Gasteiger partial charge in [0.1, 0.15) is 0 Å². The zero-order valence-corrected chi connectivity index (χ0v) is 22.5. The lowest BCUT2D eigenvalue weighted by molar-refractivity contribution is -0.137. The third kappa shape index (κ3) is 7.26. The molecule has 0 saturated carbocycles. The number of para-hydroxylation sites is 1. The van der Waals surface area contributed by atoms with Crippen LogP contribution in [0.25, 0.3) is 5.69 Å². The van der Waals surface area contributed by atoms with Gasteiger partial charge in [0.05, 0.1) is 30.0 Å². The van der Waals surface area contributed by atoms with Gasteiger partial charge in [-0.1, -0.05) is 32.0 Å². The molecule has 0 bridgehead atoms. The number of piperazine rings is 1. The summed E-state index contributed by atoms with van der Waals surface area (Å²) in [5.74, 6) is 0.108. The molecule has 1 saturated heterocycles. The minimum atomic E-state index is -4.44. The molecule has 2 amide bonds. The largest absolute Gasteiger partial charge is 0.416 e. The van der Waals surface area contributed by atoms with Crippen molar-refractivity contribution in [2.75, 3.05) is 39.8 Å². The highest BCUT2D eigenvalue weighted by Gasteiger charge is 2.31. The SMILES string of the molecule is CC(C)Cc1cc(CN(C)C(=O)CN2CCN(C(=O)c3ccc(C(F)(F)F)cc3)CC2)nn1-c1ccccc1. The highest BCUT2D eigenvalue weighted by Crippen LogP contribution is 2.29. The second-order valence-corrected chi connectivity index (χ2v) is 10.4. The van der Waals surface area contributed by atoms with E-state index in [1.54, 1.807) is 16.8 Å². The maximum Gasteiger partial charge on any atom is 0.416 e. The molecular formula is C29H34F3N5O2. The average molecular weight is 542 g/mol. The summed E-state index contributed by atoms with van der Waals surface area (Å²) in [6, 6.07) is 16.3. The van der Waals surface area contributed by atoms with Crippen LogP contribution in [0.3, 0.4) is 0 Å². The van der Waals surface area contributed by atoms with Crippen molar-refractivity contribution in [3.63, 3.8) is 0 Å². The molecule has 0 atom stereocenters. The Morgan fingerprint density at radius 2 is 1.62 bits per heavy atom. The first-order chi connectivity index (χ1) is 18.5. The van der Waals surface area contributed by atoms with Crippen LogP contribution >= 0.6 is 0 Å². The standard InChI is InChI=1S/C29H34F3N5O2/c1-21(2)17-26-18-24(33-37(26)25-7-5-4-6-8-25)19-34(3)27(38)20-35-13-15-36(16-14-35)28(39)22-9-11-23(12-10-22)29(30,31)32/h4-12,18,21H,13-17,19-20H2,1-3H3. The van der Waals surface area contributed by atoms with E-state index in [0.29, 0.717) is 38.6 Å². The maximum atomic E-state index is 13.0. The van der Waals surface area contributed by atoms with Crippen molar-refractivity contribution in [2.45, 2.75) is 33.0 Å². The molecule has 1 aromatic heterocycles. The lowest BCUT2D eigenvalue weighted by atomic mass is 10.1. The van der Waals surface area contributed by atoms with E-state index < -0.39 is 11.7 Å². The summed E-state index contributed by atoms with van der Waals surface area (Å²) >= 11 is 0. The molecule has 10 heteroatoms. The predicted octanol–water partition coefficient (Wildman–Crippen LogP) is 4.51. The number of carbonyl (C=O) groups excluding carboxylic acids is 2. The number of nitrogens with zero attached hydrogens (tertiary/aromatic N) is 5. The molecule has 0 radical (unpaired) electrons. The third-order valence-corrected chi connectivity index (χ3v) is 6.75. The quantitative estimate of drug-likeness (QED) is 0.421. The Labute approximate surface area is 226 Å². The van der Waals surface area contributed by atoms with Gasteiger partial charge in [-0.05, 0) is 54.8 Å². The van der Waals surface area contributed by atoms with Crippen molar-refractivity contribution < 1.29 is 22.8 Å². The molecule has 0 aliphatic carbocycles. The Bertz CT molecular complexity index is 1260. The highest BCUT2D eigenvalue weighted by atomic mass is 19.4. The minimum Gasteiger partial charge on any atom is -0.339 e. The molecule has 1 fully saturated rings. The van der Waals surface area contributed by atoms with E-state index in [1.165, 1.54) is 12.1 Å². The fraction of sp³-hybridized carbons (Fsp3) is 0.414. The lowest BCUT2D eigenvalue weighted by Crippen LogP contribution is -2.51. The monoisotopic (exact) mass is 541 g/mol. The van der Waals surface area contributed by atoms with Crippen LogP contribution < -0.4 is 0 Å². The highest BCUT2D eigenvalue weighted by molar-refractivity contribution is 5.94. The van der Waals surface area contributed by atoms with Gasteiger partial charge in [-0.25, -0.2) is 4.68 Å². The van der Waals surface area contributed by atoms with Gasteiger partial charge in [-0.3, -0.25) is 14.5 Å².